The van der Waals surface area contributed by atoms with Crippen molar-refractivity contribution in [2.24, 2.45) is 5.92 Å². The Hall–Kier alpha value is -0.540. The summed E-state index contributed by atoms with van der Waals surface area (Å²) in [6, 6.07) is -0.777. The Bertz CT molecular complexity index is 294. The van der Waals surface area contributed by atoms with Crippen LogP contribution in [0, 0.1) is 5.92 Å². The molecule has 0 spiro atoms. The van der Waals surface area contributed by atoms with Crippen LogP contribution in [0.1, 0.15) is 13.3 Å². The van der Waals surface area contributed by atoms with Crippen molar-refractivity contribution >= 4 is 0 Å². The lowest BCUT2D eigenvalue weighted by Crippen LogP contribution is -2.45. The molecule has 1 saturated heterocycles. The van der Waals surface area contributed by atoms with Crippen LogP contribution in [-0.2, 0) is 4.74 Å². The Morgan fingerprint density at radius 1 is 1.20 bits per heavy atom. The number of nitrogens with zero attached hydrogens (tertiary/aromatic N) is 1. The van der Waals surface area contributed by atoms with Gasteiger partial charge in [-0.3, -0.25) is 9.64 Å². The van der Waals surface area contributed by atoms with E-state index in [1.807, 2.05) is 0 Å². The molecule has 1 N–H and O–H groups in total. The lowest BCUT2D eigenvalue weighted by molar-refractivity contribution is -0.325. The molecule has 1 heterocycles. The number of halogens is 6. The average Bonchev–Trinajstić information content (AvgIpc) is 2.73. The standard InChI is InChI=1S/C11H18F6N2O/c1-2-19(5-6-20-11(15,16)17)7-9-8(3-4-18-9)10(12,13)14/h8-9,18H,2-7H2,1H3. The number of ether oxygens (including phenoxy) is 1. The molecule has 0 saturated carbocycles. The second-order valence-corrected chi connectivity index (χ2v) is 4.68. The van der Waals surface area contributed by atoms with Crippen LogP contribution in [0.25, 0.3) is 0 Å². The second-order valence-electron chi connectivity index (χ2n) is 4.68. The lowest BCUT2D eigenvalue weighted by Gasteiger charge is -2.28. The smallest absolute Gasteiger partial charge is 0.312 e. The van der Waals surface area contributed by atoms with Crippen molar-refractivity contribution in [3.8, 4) is 0 Å². The summed E-state index contributed by atoms with van der Waals surface area (Å²) < 4.78 is 77.4. The van der Waals surface area contributed by atoms with Gasteiger partial charge in [0.1, 0.15) is 0 Å². The number of hydrogen-bond acceptors (Lipinski definition) is 3. The van der Waals surface area contributed by atoms with Crippen LogP contribution in [0.4, 0.5) is 26.3 Å². The first kappa shape index (κ1) is 17.5. The first-order valence-electron chi connectivity index (χ1n) is 6.36. The Labute approximate surface area is 113 Å². The normalized spacial score (nSPS) is 24.6. The highest BCUT2D eigenvalue weighted by Gasteiger charge is 2.47. The lowest BCUT2D eigenvalue weighted by atomic mass is 10.00. The van der Waals surface area contributed by atoms with E-state index in [-0.39, 0.29) is 26.1 Å². The van der Waals surface area contributed by atoms with E-state index >= 15 is 0 Å². The van der Waals surface area contributed by atoms with Crippen LogP contribution < -0.4 is 5.32 Å². The predicted octanol–water partition coefficient (Wildman–Crippen LogP) is 2.39. The third-order valence-electron chi connectivity index (χ3n) is 3.34. The Balaban J connectivity index is 2.43. The summed E-state index contributed by atoms with van der Waals surface area (Å²) in [7, 11) is 0. The van der Waals surface area contributed by atoms with Gasteiger partial charge in [-0.25, -0.2) is 0 Å². The maximum atomic E-state index is 12.7. The molecule has 0 amide bonds. The van der Waals surface area contributed by atoms with Crippen molar-refractivity contribution < 1.29 is 31.1 Å². The molecule has 0 bridgehead atoms. The van der Waals surface area contributed by atoms with E-state index in [1.54, 1.807) is 6.92 Å². The number of nitrogens with one attached hydrogen (secondary N) is 1. The molecule has 1 aliphatic rings. The first-order chi connectivity index (χ1) is 9.13. The molecule has 0 aromatic heterocycles. The Kier molecular flexibility index (Phi) is 6.08. The van der Waals surface area contributed by atoms with Gasteiger partial charge < -0.3 is 5.32 Å². The topological polar surface area (TPSA) is 24.5 Å². The van der Waals surface area contributed by atoms with E-state index in [9.17, 15) is 26.3 Å². The minimum atomic E-state index is -4.71. The first-order valence-corrected chi connectivity index (χ1v) is 6.36. The number of likely N-dealkylation sites (N-methyl/N-ethyl adjacent to an activating group) is 1. The third kappa shape index (κ3) is 5.84. The molecule has 9 heteroatoms. The fourth-order valence-corrected chi connectivity index (χ4v) is 2.30. The molecular formula is C11H18F6N2O. The van der Waals surface area contributed by atoms with Crippen molar-refractivity contribution in [3.63, 3.8) is 0 Å². The monoisotopic (exact) mass is 308 g/mol. The van der Waals surface area contributed by atoms with Crippen LogP contribution in [0.2, 0.25) is 0 Å². The molecule has 1 aliphatic heterocycles. The Morgan fingerprint density at radius 2 is 1.85 bits per heavy atom. The third-order valence-corrected chi connectivity index (χ3v) is 3.34. The van der Waals surface area contributed by atoms with Gasteiger partial charge in [-0.05, 0) is 19.5 Å². The van der Waals surface area contributed by atoms with Gasteiger partial charge >= 0.3 is 12.5 Å². The highest BCUT2D eigenvalue weighted by atomic mass is 19.4. The molecule has 2 atom stereocenters. The van der Waals surface area contributed by atoms with Crippen LogP contribution in [0.3, 0.4) is 0 Å². The van der Waals surface area contributed by atoms with E-state index in [2.05, 4.69) is 10.1 Å². The number of rotatable bonds is 6. The van der Waals surface area contributed by atoms with Gasteiger partial charge in [-0.1, -0.05) is 6.92 Å². The molecular weight excluding hydrogens is 290 g/mol. The zero-order valence-electron chi connectivity index (χ0n) is 11.0. The van der Waals surface area contributed by atoms with E-state index in [1.165, 1.54) is 4.90 Å². The van der Waals surface area contributed by atoms with Gasteiger partial charge in [0, 0.05) is 19.1 Å². The van der Waals surface area contributed by atoms with Gasteiger partial charge in [0.05, 0.1) is 12.5 Å². The summed E-state index contributed by atoms with van der Waals surface area (Å²) in [6.07, 6.45) is -8.99. The molecule has 3 nitrogen and oxygen atoms in total. The zero-order valence-corrected chi connectivity index (χ0v) is 11.0. The summed E-state index contributed by atoms with van der Waals surface area (Å²) in [5.74, 6) is -1.44. The van der Waals surface area contributed by atoms with Gasteiger partial charge in [0.25, 0.3) is 0 Å². The van der Waals surface area contributed by atoms with Crippen LogP contribution in [-0.4, -0.2) is 56.3 Å². The van der Waals surface area contributed by atoms with Gasteiger partial charge in [0.15, 0.2) is 0 Å². The van der Waals surface area contributed by atoms with Crippen molar-refractivity contribution in [2.45, 2.75) is 31.9 Å². The average molecular weight is 308 g/mol. The summed E-state index contributed by atoms with van der Waals surface area (Å²) in [4.78, 5) is 1.52. The van der Waals surface area contributed by atoms with Crippen molar-refractivity contribution in [1.82, 2.24) is 10.2 Å². The summed E-state index contributed by atoms with van der Waals surface area (Å²) in [5.41, 5.74) is 0. The van der Waals surface area contributed by atoms with E-state index in [0.717, 1.165) is 0 Å². The fraction of sp³-hybridized carbons (Fsp3) is 1.00. The van der Waals surface area contributed by atoms with Crippen molar-refractivity contribution in [3.05, 3.63) is 0 Å². The molecule has 0 aromatic rings. The minimum Gasteiger partial charge on any atom is -0.312 e. The van der Waals surface area contributed by atoms with Crippen LogP contribution in [0.15, 0.2) is 0 Å². The quantitative estimate of drug-likeness (QED) is 0.763. The molecule has 1 rings (SSSR count). The van der Waals surface area contributed by atoms with Crippen molar-refractivity contribution in [2.75, 3.05) is 32.8 Å². The molecule has 20 heavy (non-hydrogen) atoms. The van der Waals surface area contributed by atoms with E-state index in [4.69, 9.17) is 0 Å². The van der Waals surface area contributed by atoms with E-state index < -0.39 is 31.1 Å². The van der Waals surface area contributed by atoms with Gasteiger partial charge in [-0.15, -0.1) is 13.2 Å². The molecule has 0 radical (unpaired) electrons. The summed E-state index contributed by atoms with van der Waals surface area (Å²) in [6.45, 7) is 1.74. The van der Waals surface area contributed by atoms with Crippen molar-refractivity contribution in [1.29, 1.82) is 0 Å². The zero-order chi connectivity index (χ0) is 15.4. The second kappa shape index (κ2) is 6.95. The largest absolute Gasteiger partial charge is 0.522 e. The maximum Gasteiger partial charge on any atom is 0.522 e. The SMILES string of the molecule is CCN(CCOC(F)(F)F)CC1NCCC1C(F)(F)F. The maximum absolute atomic E-state index is 12.7. The molecule has 1 fully saturated rings. The van der Waals surface area contributed by atoms with E-state index in [0.29, 0.717) is 6.54 Å². The Morgan fingerprint density at radius 3 is 2.35 bits per heavy atom. The fourth-order valence-electron chi connectivity index (χ4n) is 2.30. The van der Waals surface area contributed by atoms with Crippen LogP contribution in [0.5, 0.6) is 0 Å². The predicted molar refractivity (Wildman–Crippen MR) is 60.1 cm³/mol. The molecule has 0 aromatic carbocycles. The van der Waals surface area contributed by atoms with Gasteiger partial charge in [0.2, 0.25) is 0 Å². The number of alkyl halides is 6. The highest BCUT2D eigenvalue weighted by Crippen LogP contribution is 2.34. The number of hydrogen-bond donors (Lipinski definition) is 1. The molecule has 0 aliphatic carbocycles. The summed E-state index contributed by atoms with van der Waals surface area (Å²) in [5, 5.41) is 2.76. The highest BCUT2D eigenvalue weighted by molar-refractivity contribution is 4.90. The molecule has 2 unspecified atom stereocenters. The minimum absolute atomic E-state index is 0.00473. The van der Waals surface area contributed by atoms with Crippen LogP contribution >= 0.6 is 0 Å². The molecule has 120 valence electrons. The summed E-state index contributed by atoms with van der Waals surface area (Å²) >= 11 is 0. The van der Waals surface area contributed by atoms with Gasteiger partial charge in [-0.2, -0.15) is 13.2 Å².